The SMILES string of the molecule is COc1cccc(C(=O)C(C)Br)c1C(O)C(=O)O. The number of carboxylic acid groups (broad SMARTS) is 1. The van der Waals surface area contributed by atoms with Gasteiger partial charge in [-0.3, -0.25) is 4.79 Å². The Kier molecular flexibility index (Phi) is 4.86. The van der Waals surface area contributed by atoms with Crippen molar-refractivity contribution in [3.8, 4) is 5.75 Å². The first-order valence-electron chi connectivity index (χ1n) is 5.16. The van der Waals surface area contributed by atoms with E-state index in [1.165, 1.54) is 19.2 Å². The summed E-state index contributed by atoms with van der Waals surface area (Å²) in [5.41, 5.74) is 0.109. The maximum absolute atomic E-state index is 12.0. The first kappa shape index (κ1) is 14.7. The van der Waals surface area contributed by atoms with Crippen molar-refractivity contribution in [1.82, 2.24) is 0 Å². The van der Waals surface area contributed by atoms with Gasteiger partial charge in [-0.2, -0.15) is 0 Å². The number of methoxy groups -OCH3 is 1. The highest BCUT2D eigenvalue weighted by molar-refractivity contribution is 9.10. The fraction of sp³-hybridized carbons (Fsp3) is 0.333. The lowest BCUT2D eigenvalue weighted by Crippen LogP contribution is -2.19. The molecule has 0 aliphatic carbocycles. The molecular formula is C12H13BrO5. The molecule has 1 rings (SSSR count). The molecule has 0 heterocycles. The lowest BCUT2D eigenvalue weighted by molar-refractivity contribution is -0.147. The normalized spacial score (nSPS) is 13.8. The number of Topliss-reactive ketones (excluding diaryl/α,β-unsaturated/α-hetero) is 1. The Bertz CT molecular complexity index is 470. The summed E-state index contributed by atoms with van der Waals surface area (Å²) in [6.45, 7) is 1.62. The summed E-state index contributed by atoms with van der Waals surface area (Å²) in [6.07, 6.45) is -1.80. The van der Waals surface area contributed by atoms with Crippen LogP contribution in [-0.4, -0.2) is 33.9 Å². The van der Waals surface area contributed by atoms with Crippen LogP contribution in [0.1, 0.15) is 28.9 Å². The molecule has 0 aliphatic rings. The maximum Gasteiger partial charge on any atom is 0.337 e. The molecule has 1 aromatic carbocycles. The summed E-state index contributed by atoms with van der Waals surface area (Å²) >= 11 is 3.12. The van der Waals surface area contributed by atoms with Crippen molar-refractivity contribution < 1.29 is 24.5 Å². The molecule has 2 unspecified atom stereocenters. The van der Waals surface area contributed by atoms with Gasteiger partial charge in [0.2, 0.25) is 0 Å². The minimum atomic E-state index is -1.80. The van der Waals surface area contributed by atoms with Gasteiger partial charge in [0, 0.05) is 11.1 Å². The molecule has 6 heteroatoms. The summed E-state index contributed by atoms with van der Waals surface area (Å²) in [5, 5.41) is 18.5. The zero-order valence-electron chi connectivity index (χ0n) is 9.88. The van der Waals surface area contributed by atoms with Crippen LogP contribution < -0.4 is 4.74 Å². The Morgan fingerprint density at radius 2 is 2.00 bits per heavy atom. The first-order valence-corrected chi connectivity index (χ1v) is 6.07. The lowest BCUT2D eigenvalue weighted by Gasteiger charge is -2.16. The van der Waals surface area contributed by atoms with E-state index < -0.39 is 16.9 Å². The topological polar surface area (TPSA) is 83.8 Å². The van der Waals surface area contributed by atoms with Gasteiger partial charge in [0.15, 0.2) is 11.9 Å². The van der Waals surface area contributed by atoms with E-state index in [-0.39, 0.29) is 22.7 Å². The Balaban J connectivity index is 3.42. The molecule has 18 heavy (non-hydrogen) atoms. The fourth-order valence-corrected chi connectivity index (χ4v) is 1.80. The number of carboxylic acids is 1. The third-order valence-electron chi connectivity index (χ3n) is 2.42. The molecule has 0 amide bonds. The number of ketones is 1. The number of ether oxygens (including phenoxy) is 1. The number of aliphatic hydroxyl groups is 1. The molecule has 0 radical (unpaired) electrons. The molecule has 0 fully saturated rings. The van der Waals surface area contributed by atoms with Gasteiger partial charge in [0.25, 0.3) is 0 Å². The molecular weight excluding hydrogens is 304 g/mol. The zero-order chi connectivity index (χ0) is 13.9. The number of hydrogen-bond acceptors (Lipinski definition) is 4. The first-order chi connectivity index (χ1) is 8.40. The van der Waals surface area contributed by atoms with Gasteiger partial charge in [-0.15, -0.1) is 0 Å². The maximum atomic E-state index is 12.0. The molecule has 0 saturated heterocycles. The minimum absolute atomic E-state index is 0.0243. The summed E-state index contributed by atoms with van der Waals surface area (Å²) in [6, 6.07) is 4.53. The Hall–Kier alpha value is -1.40. The van der Waals surface area contributed by atoms with Crippen LogP contribution in [0.2, 0.25) is 0 Å². The van der Waals surface area contributed by atoms with E-state index in [2.05, 4.69) is 15.9 Å². The van der Waals surface area contributed by atoms with Crippen molar-refractivity contribution in [1.29, 1.82) is 0 Å². The second kappa shape index (κ2) is 5.97. The molecule has 5 nitrogen and oxygen atoms in total. The monoisotopic (exact) mass is 316 g/mol. The predicted octanol–water partition coefficient (Wildman–Crippen LogP) is 1.78. The van der Waals surface area contributed by atoms with E-state index >= 15 is 0 Å². The van der Waals surface area contributed by atoms with Gasteiger partial charge in [0.05, 0.1) is 11.9 Å². The summed E-state index contributed by atoms with van der Waals surface area (Å²) in [7, 11) is 1.35. The summed E-state index contributed by atoms with van der Waals surface area (Å²) in [4.78, 5) is 22.4. The number of carbonyl (C=O) groups is 2. The number of benzene rings is 1. The van der Waals surface area contributed by atoms with Crippen LogP contribution in [-0.2, 0) is 4.79 Å². The average Bonchev–Trinajstić information content (AvgIpc) is 2.35. The standard InChI is InChI=1S/C12H13BrO5/c1-6(13)10(14)7-4-3-5-8(18-2)9(7)11(15)12(16)17/h3-6,11,15H,1-2H3,(H,16,17). The highest BCUT2D eigenvalue weighted by Gasteiger charge is 2.27. The van der Waals surface area contributed by atoms with Crippen LogP contribution in [0.5, 0.6) is 5.75 Å². The van der Waals surface area contributed by atoms with E-state index in [1.54, 1.807) is 13.0 Å². The highest BCUT2D eigenvalue weighted by atomic mass is 79.9. The summed E-state index contributed by atoms with van der Waals surface area (Å²) in [5.74, 6) is -1.58. The molecule has 0 aliphatic heterocycles. The predicted molar refractivity (Wildman–Crippen MR) is 68.3 cm³/mol. The van der Waals surface area contributed by atoms with Gasteiger partial charge in [-0.05, 0) is 13.0 Å². The molecule has 98 valence electrons. The molecule has 2 N–H and O–H groups in total. The van der Waals surface area contributed by atoms with Crippen molar-refractivity contribution in [3.63, 3.8) is 0 Å². The molecule has 0 bridgehead atoms. The second-order valence-corrected chi connectivity index (χ2v) is 5.02. The second-order valence-electron chi connectivity index (χ2n) is 3.64. The Labute approximate surface area is 113 Å². The number of alkyl halides is 1. The van der Waals surface area contributed by atoms with Crippen LogP contribution in [0.25, 0.3) is 0 Å². The summed E-state index contributed by atoms with van der Waals surface area (Å²) < 4.78 is 5.00. The molecule has 0 aromatic heterocycles. The van der Waals surface area contributed by atoms with Crippen LogP contribution >= 0.6 is 15.9 Å². The largest absolute Gasteiger partial charge is 0.496 e. The smallest absolute Gasteiger partial charge is 0.337 e. The molecule has 2 atom stereocenters. The number of hydrogen-bond donors (Lipinski definition) is 2. The molecule has 1 aromatic rings. The Morgan fingerprint density at radius 3 is 2.44 bits per heavy atom. The zero-order valence-corrected chi connectivity index (χ0v) is 11.5. The fourth-order valence-electron chi connectivity index (χ4n) is 1.56. The van der Waals surface area contributed by atoms with Crippen LogP contribution in [0.4, 0.5) is 0 Å². The number of carbonyl (C=O) groups excluding carboxylic acids is 1. The van der Waals surface area contributed by atoms with E-state index in [1.807, 2.05) is 0 Å². The van der Waals surface area contributed by atoms with E-state index in [0.717, 1.165) is 0 Å². The van der Waals surface area contributed by atoms with E-state index in [0.29, 0.717) is 0 Å². The highest BCUT2D eigenvalue weighted by Crippen LogP contribution is 2.30. The van der Waals surface area contributed by atoms with Crippen LogP contribution in [0, 0.1) is 0 Å². The van der Waals surface area contributed by atoms with Crippen LogP contribution in [0.3, 0.4) is 0 Å². The minimum Gasteiger partial charge on any atom is -0.496 e. The molecule has 0 saturated carbocycles. The molecule has 0 spiro atoms. The van der Waals surface area contributed by atoms with Crippen molar-refractivity contribution in [2.75, 3.05) is 7.11 Å². The lowest BCUT2D eigenvalue weighted by atomic mass is 9.97. The van der Waals surface area contributed by atoms with Crippen molar-refractivity contribution in [2.45, 2.75) is 17.9 Å². The number of aliphatic hydroxyl groups excluding tert-OH is 1. The third-order valence-corrected chi connectivity index (χ3v) is 2.84. The number of halogens is 1. The van der Waals surface area contributed by atoms with Crippen molar-refractivity contribution >= 4 is 27.7 Å². The van der Waals surface area contributed by atoms with Gasteiger partial charge in [-0.25, -0.2) is 4.79 Å². The third kappa shape index (κ3) is 2.88. The number of rotatable bonds is 5. The quantitative estimate of drug-likeness (QED) is 0.639. The van der Waals surface area contributed by atoms with Crippen molar-refractivity contribution in [2.24, 2.45) is 0 Å². The van der Waals surface area contributed by atoms with Gasteiger partial charge < -0.3 is 14.9 Å². The van der Waals surface area contributed by atoms with Gasteiger partial charge in [0.1, 0.15) is 5.75 Å². The van der Waals surface area contributed by atoms with E-state index in [4.69, 9.17) is 9.84 Å². The van der Waals surface area contributed by atoms with Crippen LogP contribution in [0.15, 0.2) is 18.2 Å². The Morgan fingerprint density at radius 1 is 1.39 bits per heavy atom. The van der Waals surface area contributed by atoms with Gasteiger partial charge in [-0.1, -0.05) is 28.1 Å². The average molecular weight is 317 g/mol. The van der Waals surface area contributed by atoms with Crippen molar-refractivity contribution in [3.05, 3.63) is 29.3 Å². The number of aliphatic carboxylic acids is 1. The van der Waals surface area contributed by atoms with E-state index in [9.17, 15) is 14.7 Å². The van der Waals surface area contributed by atoms with Gasteiger partial charge >= 0.3 is 5.97 Å².